The molecule has 2 aromatic rings. The molecule has 1 heterocycles. The van der Waals surface area contributed by atoms with E-state index in [9.17, 15) is 4.39 Å². The molecule has 0 aliphatic rings. The number of hydrogen-bond donors (Lipinski definition) is 2. The van der Waals surface area contributed by atoms with Gasteiger partial charge >= 0.3 is 0 Å². The third kappa shape index (κ3) is 3.33. The van der Waals surface area contributed by atoms with Gasteiger partial charge in [-0.25, -0.2) is 4.39 Å². The first-order valence-corrected chi connectivity index (χ1v) is 6.60. The predicted molar refractivity (Wildman–Crippen MR) is 73.4 cm³/mol. The second-order valence-corrected chi connectivity index (χ2v) is 5.14. The summed E-state index contributed by atoms with van der Waals surface area (Å²) in [6, 6.07) is 6.35. The van der Waals surface area contributed by atoms with Crippen molar-refractivity contribution in [3.8, 4) is 0 Å². The molecule has 104 valence electrons. The lowest BCUT2D eigenvalue weighted by molar-refractivity contribution is 0.212. The van der Waals surface area contributed by atoms with Gasteiger partial charge in [0, 0.05) is 17.5 Å². The summed E-state index contributed by atoms with van der Waals surface area (Å²) in [5, 5.41) is 13.2. The van der Waals surface area contributed by atoms with Gasteiger partial charge in [0.05, 0.1) is 6.54 Å². The second-order valence-electron chi connectivity index (χ2n) is 5.14. The molecule has 1 unspecified atom stereocenters. The average molecular weight is 265 g/mol. The van der Waals surface area contributed by atoms with E-state index in [1.165, 1.54) is 12.1 Å². The lowest BCUT2D eigenvalue weighted by Gasteiger charge is -2.28. The number of aliphatic hydroxyl groups is 1. The zero-order valence-electron chi connectivity index (χ0n) is 11.4. The Hall–Kier alpha value is -1.39. The molecule has 0 radical (unpaired) electrons. The summed E-state index contributed by atoms with van der Waals surface area (Å²) in [6.45, 7) is 4.88. The van der Waals surface area contributed by atoms with Gasteiger partial charge in [0.15, 0.2) is 0 Å². The summed E-state index contributed by atoms with van der Waals surface area (Å²) < 4.78 is 18.7. The van der Waals surface area contributed by atoms with Crippen LogP contribution in [0.4, 0.5) is 4.39 Å². The molecule has 0 fully saturated rings. The van der Waals surface area contributed by atoms with Crippen molar-refractivity contribution in [3.05, 3.63) is 35.8 Å². The summed E-state index contributed by atoms with van der Waals surface area (Å²) >= 11 is 0. The molecule has 0 spiro atoms. The molecule has 1 aromatic carbocycles. The third-order valence-electron chi connectivity index (χ3n) is 3.66. The maximum Gasteiger partial charge on any atom is 0.134 e. The molecular formula is C15H20FNO2. The molecule has 4 heteroatoms. The van der Waals surface area contributed by atoms with Gasteiger partial charge in [-0.05, 0) is 44.0 Å². The highest BCUT2D eigenvalue weighted by molar-refractivity contribution is 5.77. The number of fused-ring (bicyclic) bond motifs is 1. The van der Waals surface area contributed by atoms with E-state index in [0.717, 1.165) is 17.6 Å². The van der Waals surface area contributed by atoms with E-state index in [4.69, 9.17) is 9.52 Å². The number of benzene rings is 1. The van der Waals surface area contributed by atoms with Crippen LogP contribution >= 0.6 is 0 Å². The Morgan fingerprint density at radius 1 is 1.37 bits per heavy atom. The van der Waals surface area contributed by atoms with E-state index in [2.05, 4.69) is 19.2 Å². The second kappa shape index (κ2) is 5.72. The van der Waals surface area contributed by atoms with Crippen molar-refractivity contribution in [2.24, 2.45) is 0 Å². The van der Waals surface area contributed by atoms with E-state index >= 15 is 0 Å². The van der Waals surface area contributed by atoms with Gasteiger partial charge < -0.3 is 14.8 Å². The summed E-state index contributed by atoms with van der Waals surface area (Å²) in [5.74, 6) is 0.518. The number of furan rings is 1. The molecule has 0 saturated carbocycles. The zero-order valence-corrected chi connectivity index (χ0v) is 11.4. The van der Waals surface area contributed by atoms with E-state index in [1.807, 2.05) is 6.07 Å². The van der Waals surface area contributed by atoms with Crippen molar-refractivity contribution in [2.75, 3.05) is 6.61 Å². The van der Waals surface area contributed by atoms with Crippen molar-refractivity contribution >= 4 is 11.0 Å². The van der Waals surface area contributed by atoms with Gasteiger partial charge in [-0.3, -0.25) is 0 Å². The topological polar surface area (TPSA) is 45.4 Å². The fourth-order valence-electron chi connectivity index (χ4n) is 2.09. The minimum Gasteiger partial charge on any atom is -0.460 e. The highest BCUT2D eigenvalue weighted by Gasteiger charge is 2.20. The molecule has 1 aromatic heterocycles. The molecule has 2 N–H and O–H groups in total. The number of hydrogen-bond acceptors (Lipinski definition) is 3. The smallest absolute Gasteiger partial charge is 0.134 e. The zero-order chi connectivity index (χ0) is 13.9. The molecule has 0 bridgehead atoms. The maximum atomic E-state index is 13.1. The van der Waals surface area contributed by atoms with Crippen molar-refractivity contribution in [1.29, 1.82) is 0 Å². The lowest BCUT2D eigenvalue weighted by Crippen LogP contribution is -2.41. The predicted octanol–water partition coefficient (Wildman–Crippen LogP) is 3.21. The Balaban J connectivity index is 2.09. The van der Waals surface area contributed by atoms with E-state index in [0.29, 0.717) is 18.5 Å². The van der Waals surface area contributed by atoms with Crippen LogP contribution in [0.3, 0.4) is 0 Å². The average Bonchev–Trinajstić information content (AvgIpc) is 2.79. The number of nitrogens with one attached hydrogen (secondary N) is 1. The van der Waals surface area contributed by atoms with Crippen LogP contribution in [0.15, 0.2) is 28.7 Å². The van der Waals surface area contributed by atoms with E-state index in [1.54, 1.807) is 6.07 Å². The highest BCUT2D eigenvalue weighted by Crippen LogP contribution is 2.21. The Morgan fingerprint density at radius 3 is 2.84 bits per heavy atom. The Bertz CT molecular complexity index is 552. The van der Waals surface area contributed by atoms with Crippen LogP contribution in [-0.2, 0) is 6.54 Å². The minimum atomic E-state index is -0.258. The largest absolute Gasteiger partial charge is 0.460 e. The van der Waals surface area contributed by atoms with Crippen LogP contribution in [0.25, 0.3) is 11.0 Å². The Kier molecular flexibility index (Phi) is 4.22. The van der Waals surface area contributed by atoms with Crippen LogP contribution in [0, 0.1) is 5.82 Å². The molecule has 1 atom stereocenters. The number of rotatable bonds is 6. The van der Waals surface area contributed by atoms with E-state index in [-0.39, 0.29) is 18.0 Å². The Morgan fingerprint density at radius 2 is 2.16 bits per heavy atom. The van der Waals surface area contributed by atoms with Crippen LogP contribution in [-0.4, -0.2) is 17.3 Å². The molecule has 0 amide bonds. The van der Waals surface area contributed by atoms with Crippen LogP contribution in [0.1, 0.15) is 32.4 Å². The van der Waals surface area contributed by atoms with Crippen molar-refractivity contribution in [3.63, 3.8) is 0 Å². The van der Waals surface area contributed by atoms with Crippen molar-refractivity contribution in [1.82, 2.24) is 5.32 Å². The van der Waals surface area contributed by atoms with Gasteiger partial charge in [0.1, 0.15) is 17.2 Å². The summed E-state index contributed by atoms with van der Waals surface area (Å²) in [7, 11) is 0. The van der Waals surface area contributed by atoms with Gasteiger partial charge in [0.2, 0.25) is 0 Å². The Labute approximate surface area is 112 Å². The fraction of sp³-hybridized carbons (Fsp3) is 0.467. The SMILES string of the molecule is CCC(C)(CCO)NCc1cc2cc(F)ccc2o1. The molecule has 3 nitrogen and oxygen atoms in total. The maximum absolute atomic E-state index is 13.1. The summed E-state index contributed by atoms with van der Waals surface area (Å²) in [6.07, 6.45) is 1.61. The number of halogens is 1. The quantitative estimate of drug-likeness (QED) is 0.843. The molecule has 0 aliphatic carbocycles. The normalized spacial score (nSPS) is 14.7. The summed E-state index contributed by atoms with van der Waals surface area (Å²) in [5.41, 5.74) is 0.581. The minimum absolute atomic E-state index is 0.112. The van der Waals surface area contributed by atoms with Crippen LogP contribution in [0.2, 0.25) is 0 Å². The number of aliphatic hydroxyl groups excluding tert-OH is 1. The molecule has 19 heavy (non-hydrogen) atoms. The first kappa shape index (κ1) is 14.0. The van der Waals surface area contributed by atoms with Crippen LogP contribution in [0.5, 0.6) is 0 Å². The lowest BCUT2D eigenvalue weighted by atomic mass is 9.95. The van der Waals surface area contributed by atoms with Gasteiger partial charge in [0.25, 0.3) is 0 Å². The molecule has 2 rings (SSSR count). The fourth-order valence-corrected chi connectivity index (χ4v) is 2.09. The first-order valence-electron chi connectivity index (χ1n) is 6.60. The van der Waals surface area contributed by atoms with Gasteiger partial charge in [-0.1, -0.05) is 6.92 Å². The van der Waals surface area contributed by atoms with Gasteiger partial charge in [-0.15, -0.1) is 0 Å². The van der Waals surface area contributed by atoms with Crippen LogP contribution < -0.4 is 5.32 Å². The third-order valence-corrected chi connectivity index (χ3v) is 3.66. The standard InChI is InChI=1S/C15H20FNO2/c1-3-15(2,6-7-18)17-10-13-9-11-8-12(16)4-5-14(11)19-13/h4-5,8-9,17-18H,3,6-7,10H2,1-2H3. The molecule has 0 saturated heterocycles. The van der Waals surface area contributed by atoms with E-state index < -0.39 is 0 Å². The summed E-state index contributed by atoms with van der Waals surface area (Å²) in [4.78, 5) is 0. The first-order chi connectivity index (χ1) is 9.06. The molecule has 0 aliphatic heterocycles. The van der Waals surface area contributed by atoms with Gasteiger partial charge in [-0.2, -0.15) is 0 Å². The highest BCUT2D eigenvalue weighted by atomic mass is 19.1. The molecular weight excluding hydrogens is 245 g/mol. The monoisotopic (exact) mass is 265 g/mol. The van der Waals surface area contributed by atoms with Crippen molar-refractivity contribution in [2.45, 2.75) is 38.8 Å². The van der Waals surface area contributed by atoms with Crippen molar-refractivity contribution < 1.29 is 13.9 Å².